The molecule has 0 aliphatic rings. The van der Waals surface area contributed by atoms with Gasteiger partial charge in [0.05, 0.1) is 22.3 Å². The van der Waals surface area contributed by atoms with E-state index in [0.717, 1.165) is 137 Å². The molecule has 488 valence electrons. The maximum Gasteiger partial charge on any atom is 0.343 e. The zero-order valence-electron chi connectivity index (χ0n) is 52.6. The summed E-state index contributed by atoms with van der Waals surface area (Å²) in [6.07, 6.45) is 15.1. The van der Waals surface area contributed by atoms with E-state index in [9.17, 15) is 80.5 Å². The van der Waals surface area contributed by atoms with Crippen molar-refractivity contribution in [1.82, 2.24) is 0 Å². The van der Waals surface area contributed by atoms with Crippen molar-refractivity contribution in [2.45, 2.75) is 171 Å². The van der Waals surface area contributed by atoms with E-state index >= 15 is 0 Å². The van der Waals surface area contributed by atoms with Crippen molar-refractivity contribution in [2.24, 2.45) is 23.7 Å². The lowest BCUT2D eigenvalue weighted by molar-refractivity contribution is 0.0709. The third kappa shape index (κ3) is 21.0. The molecule has 0 unspecified atom stereocenters. The third-order valence-electron chi connectivity index (χ3n) is 15.4. The van der Waals surface area contributed by atoms with Gasteiger partial charge in [-0.05, 0) is 159 Å². The number of ether oxygens (including phenoxy) is 4. The van der Waals surface area contributed by atoms with Crippen molar-refractivity contribution in [3.8, 4) is 92.0 Å². The van der Waals surface area contributed by atoms with Crippen LogP contribution in [0.2, 0.25) is 0 Å². The Hall–Kier alpha value is -9.20. The molecule has 6 aromatic rings. The highest BCUT2D eigenvalue weighted by atomic mass is 16.6. The Morgan fingerprint density at radius 3 is 0.756 bits per heavy atom. The summed E-state index contributed by atoms with van der Waals surface area (Å²) in [4.78, 5) is 53.0. The fourth-order valence-corrected chi connectivity index (χ4v) is 9.99. The first-order valence-corrected chi connectivity index (χ1v) is 30.8. The summed E-state index contributed by atoms with van der Waals surface area (Å²) in [6, 6.07) is 14.6. The summed E-state index contributed by atoms with van der Waals surface area (Å²) in [5, 5.41) is 118. The lowest BCUT2D eigenvalue weighted by Crippen LogP contribution is -2.14. The van der Waals surface area contributed by atoms with E-state index in [1.807, 2.05) is 0 Å². The van der Waals surface area contributed by atoms with E-state index in [1.165, 1.54) is 0 Å². The monoisotopic (exact) mass is 1250 g/mol. The summed E-state index contributed by atoms with van der Waals surface area (Å²) in [6.45, 7) is 17.1. The molecule has 90 heavy (non-hydrogen) atoms. The van der Waals surface area contributed by atoms with Crippen LogP contribution in [-0.2, 0) is 25.7 Å². The summed E-state index contributed by atoms with van der Waals surface area (Å²) in [5.74, 6) is -9.95. The van der Waals surface area contributed by atoms with Gasteiger partial charge in [-0.2, -0.15) is 0 Å². The number of rotatable bonds is 30. The summed E-state index contributed by atoms with van der Waals surface area (Å²) in [5.41, 5.74) is 1.51. The highest BCUT2D eigenvalue weighted by Gasteiger charge is 2.26. The molecule has 0 heterocycles. The average Bonchev–Trinajstić information content (AvgIpc) is 2.13. The maximum absolute atomic E-state index is 13.2. The van der Waals surface area contributed by atoms with Gasteiger partial charge < -0.3 is 80.2 Å². The number of unbranched alkanes of at least 4 members (excludes halogenated alkanes) is 4. The van der Waals surface area contributed by atoms with Gasteiger partial charge in [0.25, 0.3) is 0 Å². The van der Waals surface area contributed by atoms with Crippen molar-refractivity contribution in [3.05, 3.63) is 117 Å². The number of esters is 4. The van der Waals surface area contributed by atoms with Crippen LogP contribution in [0.4, 0.5) is 0 Å². The van der Waals surface area contributed by atoms with Crippen LogP contribution in [0.1, 0.15) is 209 Å². The lowest BCUT2D eigenvalue weighted by atomic mass is 9.93. The Morgan fingerprint density at radius 2 is 0.544 bits per heavy atom. The highest BCUT2D eigenvalue weighted by molar-refractivity contribution is 5.95. The number of hydrogen-bond acceptors (Lipinski definition) is 20. The molecule has 0 aliphatic carbocycles. The molecule has 0 fully saturated rings. The number of phenolic OH excluding ortho intramolecular Hbond substituents is 12. The zero-order valence-corrected chi connectivity index (χ0v) is 52.6. The van der Waals surface area contributed by atoms with Crippen LogP contribution >= 0.6 is 0 Å². The second-order valence-corrected chi connectivity index (χ2v) is 24.0. The quantitative estimate of drug-likeness (QED) is 0.00862. The van der Waals surface area contributed by atoms with Gasteiger partial charge in [0, 0.05) is 11.1 Å². The van der Waals surface area contributed by atoms with Gasteiger partial charge in [0.2, 0.25) is 0 Å². The number of aryl methyl sites for hydroxylation is 2. The molecule has 0 saturated heterocycles. The van der Waals surface area contributed by atoms with E-state index in [-0.39, 0.29) is 45.3 Å². The standard InChI is InChI=1S/2C35H44O10/c2*1-5-6-7-11-22-14-30(44-34(42)23-16-26(36)32(40)27(37)17-23)25(13-12-21(4)10-8-9-20(2)3)31(15-22)45-35(43)24-18-28(38)33(41)29(39)19-24/h2*14-21,36-41H,5-13H2,1-4H3/t2*21-/m10/s1. The second kappa shape index (κ2) is 34.0. The van der Waals surface area contributed by atoms with Crippen LogP contribution < -0.4 is 18.9 Å². The Morgan fingerprint density at radius 1 is 0.311 bits per heavy atom. The Labute approximate surface area is 525 Å². The first-order valence-electron chi connectivity index (χ1n) is 30.8. The summed E-state index contributed by atoms with van der Waals surface area (Å²) in [7, 11) is 0. The Kier molecular flexibility index (Phi) is 27.0. The number of benzene rings is 6. The Bertz CT molecular complexity index is 2930. The number of aromatic hydroxyl groups is 12. The van der Waals surface area contributed by atoms with E-state index in [0.29, 0.717) is 73.3 Å². The van der Waals surface area contributed by atoms with Gasteiger partial charge in [-0.3, -0.25) is 0 Å². The molecule has 6 rings (SSSR count). The van der Waals surface area contributed by atoms with Crippen LogP contribution in [0.5, 0.6) is 92.0 Å². The molecule has 0 spiro atoms. The van der Waals surface area contributed by atoms with Gasteiger partial charge in [-0.25, -0.2) is 19.2 Å². The fourth-order valence-electron chi connectivity index (χ4n) is 9.99. The molecular weight excluding hydrogens is 1160 g/mol. The van der Waals surface area contributed by atoms with Crippen LogP contribution in [0.15, 0.2) is 72.8 Å². The molecular formula is C70H88O20. The molecule has 20 nitrogen and oxygen atoms in total. The van der Waals surface area contributed by atoms with Crippen LogP contribution in [-0.4, -0.2) is 85.2 Å². The second-order valence-electron chi connectivity index (χ2n) is 24.0. The molecule has 12 N–H and O–H groups in total. The molecule has 2 atom stereocenters. The largest absolute Gasteiger partial charge is 0.504 e. The molecule has 0 saturated carbocycles. The van der Waals surface area contributed by atoms with E-state index in [1.54, 1.807) is 24.3 Å². The fraction of sp³-hybridized carbons (Fsp3) is 0.429. The highest BCUT2D eigenvalue weighted by Crippen LogP contribution is 2.42. The predicted octanol–water partition coefficient (Wildman–Crippen LogP) is 15.0. The van der Waals surface area contributed by atoms with E-state index in [4.69, 9.17) is 18.9 Å². The minimum absolute atomic E-state index is 0.134. The van der Waals surface area contributed by atoms with Crippen LogP contribution in [0.3, 0.4) is 0 Å². The molecule has 0 aliphatic heterocycles. The van der Waals surface area contributed by atoms with Gasteiger partial charge in [0.15, 0.2) is 69.0 Å². The van der Waals surface area contributed by atoms with Crippen molar-refractivity contribution in [3.63, 3.8) is 0 Å². The normalized spacial score (nSPS) is 11.8. The van der Waals surface area contributed by atoms with Gasteiger partial charge in [-0.15, -0.1) is 0 Å². The van der Waals surface area contributed by atoms with Gasteiger partial charge in [-0.1, -0.05) is 120 Å². The number of hydrogen-bond donors (Lipinski definition) is 12. The number of carbonyl (C=O) groups excluding carboxylic acids is 4. The first kappa shape index (κ1) is 71.6. The van der Waals surface area contributed by atoms with E-state index in [2.05, 4.69) is 55.4 Å². The summed E-state index contributed by atoms with van der Waals surface area (Å²) < 4.78 is 23.2. The van der Waals surface area contributed by atoms with Crippen LogP contribution in [0, 0.1) is 23.7 Å². The predicted molar refractivity (Wildman–Crippen MR) is 337 cm³/mol. The topological polar surface area (TPSA) is 348 Å². The van der Waals surface area contributed by atoms with Crippen molar-refractivity contribution in [1.29, 1.82) is 0 Å². The molecule has 0 bridgehead atoms. The van der Waals surface area contributed by atoms with Crippen molar-refractivity contribution >= 4 is 23.9 Å². The first-order chi connectivity index (χ1) is 42.6. The summed E-state index contributed by atoms with van der Waals surface area (Å²) >= 11 is 0. The van der Waals surface area contributed by atoms with Crippen molar-refractivity contribution in [2.75, 3.05) is 0 Å². The SMILES string of the molecule is CCCCCc1cc(OC(=O)c2cc(O)c(O)c(O)c2)c(CC[C@@H](C)CCCC(C)C)c(OC(=O)c2cc(O)c(O)c(O)c2)c1.CCCCCc1cc(OC(=O)c2cc(O)c(O)c(O)c2)c(CC[C@H](C)CCCC(C)C)c(OC(=O)c2cc(O)c(O)c(O)c2)c1. The Balaban J connectivity index is 0.000000327. The third-order valence-corrected chi connectivity index (χ3v) is 15.4. The zero-order chi connectivity index (χ0) is 66.5. The van der Waals surface area contributed by atoms with Gasteiger partial charge in [0.1, 0.15) is 23.0 Å². The minimum atomic E-state index is -0.914. The minimum Gasteiger partial charge on any atom is -0.504 e. The molecule has 0 radical (unpaired) electrons. The molecule has 6 aromatic carbocycles. The smallest absolute Gasteiger partial charge is 0.343 e. The number of phenols is 12. The van der Waals surface area contributed by atoms with Crippen molar-refractivity contribution < 1.29 is 99.4 Å². The number of carbonyl (C=O) groups is 4. The average molecular weight is 1250 g/mol. The lowest BCUT2D eigenvalue weighted by Gasteiger charge is -2.19. The van der Waals surface area contributed by atoms with E-state index < -0.39 is 92.9 Å². The van der Waals surface area contributed by atoms with Gasteiger partial charge >= 0.3 is 23.9 Å². The van der Waals surface area contributed by atoms with Crippen LogP contribution in [0.25, 0.3) is 0 Å². The maximum atomic E-state index is 13.2. The molecule has 0 aromatic heterocycles. The molecule has 0 amide bonds. The molecule has 20 heteroatoms.